The average molecular weight is 1190 g/mol. The topological polar surface area (TPSA) is 77.3 Å². The number of aromatic nitrogens is 6. The molecule has 0 amide bonds. The van der Waals surface area contributed by atoms with Gasteiger partial charge in [0, 0.05) is 35.7 Å². The number of hydrogen-bond donors (Lipinski definition) is 0. The summed E-state index contributed by atoms with van der Waals surface area (Å²) in [4.78, 5) is 26.0. The van der Waals surface area contributed by atoms with Gasteiger partial charge in [0.15, 0.2) is 0 Å². The molecule has 0 aromatic carbocycles. The van der Waals surface area contributed by atoms with E-state index in [-0.39, 0.29) is 56.9 Å². The van der Waals surface area contributed by atoms with Crippen LogP contribution in [0.4, 0.5) is 0 Å². The third-order valence-corrected chi connectivity index (χ3v) is 5.97. The molecular weight excluding hydrogens is 1110 g/mol. The van der Waals surface area contributed by atoms with Crippen molar-refractivity contribution >= 4 is 29.1 Å². The molecule has 358 valence electrons. The van der Waals surface area contributed by atoms with Crippen molar-refractivity contribution in [1.29, 1.82) is 0 Å². The number of rotatable bonds is 6. The van der Waals surface area contributed by atoms with Crippen molar-refractivity contribution in [3.63, 3.8) is 0 Å². The van der Waals surface area contributed by atoms with Gasteiger partial charge in [-0.25, -0.2) is 0 Å². The molecule has 6 heterocycles. The minimum absolute atomic E-state index is 0. The molecule has 0 fully saturated rings. The van der Waals surface area contributed by atoms with Crippen LogP contribution in [0.2, 0.25) is 0 Å². The summed E-state index contributed by atoms with van der Waals surface area (Å²) in [5, 5.41) is 0. The summed E-state index contributed by atoms with van der Waals surface area (Å²) in [5.74, 6) is 0. The van der Waals surface area contributed by atoms with Gasteiger partial charge in [0.05, 0.1) is 34.2 Å². The summed E-state index contributed by atoms with van der Waals surface area (Å²) in [6.07, 6.45) is 7.44. The number of nitrogens with zero attached hydrogens (tertiary/aromatic N) is 6. The minimum atomic E-state index is -0.346. The van der Waals surface area contributed by atoms with E-state index in [1.54, 1.807) is 35.9 Å². The molecule has 0 unspecified atom stereocenters. The molecular formula is C51H80Cl3N6Ru3+. The first-order valence-corrected chi connectivity index (χ1v) is 27.0. The van der Waals surface area contributed by atoms with Crippen LogP contribution < -0.4 is 0 Å². The van der Waals surface area contributed by atoms with Crippen LogP contribution in [-0.4, -0.2) is 29.9 Å². The molecule has 1 radical (unpaired) electrons. The fraction of sp³-hybridized carbons (Fsp3) is 0.294. The second-order valence-electron chi connectivity index (χ2n) is 8.99. The monoisotopic (exact) mass is 1190 g/mol. The fourth-order valence-corrected chi connectivity index (χ4v) is 3.83. The number of pyridine rings is 6. The molecule has 0 saturated carbocycles. The Labute approximate surface area is 431 Å². The Kier molecular flexibility index (Phi) is 85.0. The van der Waals surface area contributed by atoms with Crippen molar-refractivity contribution in [2.24, 2.45) is 0 Å². The SMILES string of the molecule is CC.CC.CC.CC.CC.CC.[CH2-]Cc1cccc(-c2ccccn2)n1.[CH2-]Cc1cccc(-c2ccccn2)n1.[CH2-]Cc1cccc(-c2ccccn2)n1.[CH3-].[CH3-].[CH3-].[Cl][Ru+2][Cl].[Cl][RuH+2].[RuH+3]. The Morgan fingerprint density at radius 3 is 0.730 bits per heavy atom. The zero-order chi connectivity index (χ0) is 46.1. The van der Waals surface area contributed by atoms with Gasteiger partial charge >= 0.3 is 81.0 Å². The number of hydrogen-bond acceptors (Lipinski definition) is 6. The summed E-state index contributed by atoms with van der Waals surface area (Å²) < 4.78 is 0. The van der Waals surface area contributed by atoms with Gasteiger partial charge < -0.3 is 43.1 Å². The fourth-order valence-electron chi connectivity index (χ4n) is 3.83. The Bertz CT molecular complexity index is 1480. The summed E-state index contributed by atoms with van der Waals surface area (Å²) in [5.41, 5.74) is 8.42. The molecule has 6 aromatic heterocycles. The van der Waals surface area contributed by atoms with Crippen molar-refractivity contribution in [3.8, 4) is 34.2 Å². The molecule has 0 aliphatic heterocycles. The van der Waals surface area contributed by atoms with Gasteiger partial charge in [-0.05, 0) is 72.8 Å². The van der Waals surface area contributed by atoms with Gasteiger partial charge in [0.1, 0.15) is 0 Å². The van der Waals surface area contributed by atoms with Gasteiger partial charge in [0.2, 0.25) is 0 Å². The third kappa shape index (κ3) is 40.9. The van der Waals surface area contributed by atoms with E-state index in [9.17, 15) is 0 Å². The predicted octanol–water partition coefficient (Wildman–Crippen LogP) is 16.6. The summed E-state index contributed by atoms with van der Waals surface area (Å²) in [6.45, 7) is 35.4. The first-order chi connectivity index (χ1) is 29.1. The molecule has 6 rings (SSSR count). The average Bonchev–Trinajstić information content (AvgIpc) is 3.37. The van der Waals surface area contributed by atoms with Crippen LogP contribution in [0.1, 0.15) is 100 Å². The van der Waals surface area contributed by atoms with Crippen LogP contribution in [0.15, 0.2) is 128 Å². The molecule has 0 saturated heterocycles. The maximum atomic E-state index is 4.85. The first-order valence-electron chi connectivity index (χ1n) is 20.1. The second-order valence-corrected chi connectivity index (χ2v) is 11.6. The van der Waals surface area contributed by atoms with Crippen molar-refractivity contribution in [1.82, 2.24) is 29.9 Å². The molecule has 0 spiro atoms. The zero-order valence-electron chi connectivity index (χ0n) is 40.8. The molecule has 12 heteroatoms. The van der Waals surface area contributed by atoms with Crippen molar-refractivity contribution < 1.29 is 51.9 Å². The van der Waals surface area contributed by atoms with E-state index in [2.05, 4.69) is 60.4 Å². The van der Waals surface area contributed by atoms with E-state index in [4.69, 9.17) is 19.4 Å². The Hall–Kier alpha value is -2.36. The molecule has 0 aliphatic rings. The molecule has 63 heavy (non-hydrogen) atoms. The van der Waals surface area contributed by atoms with E-state index in [1.165, 1.54) is 0 Å². The van der Waals surface area contributed by atoms with Crippen LogP contribution in [0, 0.1) is 43.1 Å². The second kappa shape index (κ2) is 66.2. The van der Waals surface area contributed by atoms with Crippen LogP contribution in [0.3, 0.4) is 0 Å². The standard InChI is InChI=1S/3C12H11N2.6C2H6.3CH3.3ClH.3Ru.2H/c3*1-2-10-6-5-8-12(14-10)11-7-3-4-9-13-11;6*1-2;;;;;;;;;;;/h3*3-9H,1-2H2;6*1-2H3;3*1H3;3*1H;;;;;/q3*-1;;;;;;;3*-1;;;;2*+3;+4;;/p-3. The van der Waals surface area contributed by atoms with E-state index < -0.39 is 0 Å². The van der Waals surface area contributed by atoms with Crippen LogP contribution in [-0.2, 0) is 71.2 Å². The van der Waals surface area contributed by atoms with Crippen LogP contribution in [0.5, 0.6) is 0 Å². The summed E-state index contributed by atoms with van der Waals surface area (Å²) in [7, 11) is 14.3. The molecule has 0 N–H and O–H groups in total. The first kappa shape index (κ1) is 80.9. The van der Waals surface area contributed by atoms with E-state index in [0.717, 1.165) is 51.2 Å². The van der Waals surface area contributed by atoms with Gasteiger partial charge in [-0.15, -0.1) is 19.3 Å². The van der Waals surface area contributed by atoms with Gasteiger partial charge in [-0.1, -0.05) is 119 Å². The van der Waals surface area contributed by atoms with Crippen molar-refractivity contribution in [3.05, 3.63) is 188 Å². The normalized spacial score (nSPS) is 7.67. The molecule has 6 nitrogen and oxygen atoms in total. The van der Waals surface area contributed by atoms with E-state index in [0.29, 0.717) is 19.3 Å². The molecule has 0 atom stereocenters. The van der Waals surface area contributed by atoms with E-state index >= 15 is 0 Å². The van der Waals surface area contributed by atoms with Crippen LogP contribution in [0.25, 0.3) is 34.2 Å². The van der Waals surface area contributed by atoms with E-state index in [1.807, 2.05) is 192 Å². The molecule has 0 aliphatic carbocycles. The summed E-state index contributed by atoms with van der Waals surface area (Å²) in [6, 6.07) is 35.2. The zero-order valence-corrected chi connectivity index (χ0v) is 48.5. The Balaban J connectivity index is -0.0000000823. The Morgan fingerprint density at radius 1 is 0.381 bits per heavy atom. The molecule has 0 bridgehead atoms. The molecule has 6 aromatic rings. The van der Waals surface area contributed by atoms with Crippen molar-refractivity contribution in [2.75, 3.05) is 0 Å². The van der Waals surface area contributed by atoms with Crippen LogP contribution >= 0.6 is 29.1 Å². The van der Waals surface area contributed by atoms with Gasteiger partial charge in [-0.3, -0.25) is 29.9 Å². The Morgan fingerprint density at radius 2 is 0.571 bits per heavy atom. The number of halogens is 3. The maximum absolute atomic E-state index is 4.85. The third-order valence-electron chi connectivity index (χ3n) is 5.97. The summed E-state index contributed by atoms with van der Waals surface area (Å²) >= 11 is 1.28. The van der Waals surface area contributed by atoms with Gasteiger partial charge in [-0.2, -0.15) is 0 Å². The quantitative estimate of drug-likeness (QED) is 0.122. The van der Waals surface area contributed by atoms with Gasteiger partial charge in [0.25, 0.3) is 0 Å². The predicted molar refractivity (Wildman–Crippen MR) is 277 cm³/mol. The van der Waals surface area contributed by atoms with Crippen molar-refractivity contribution in [2.45, 2.75) is 102 Å².